The van der Waals surface area contributed by atoms with Gasteiger partial charge >= 0.3 is 0 Å². The van der Waals surface area contributed by atoms with Crippen LogP contribution in [0.2, 0.25) is 5.02 Å². The van der Waals surface area contributed by atoms with Gasteiger partial charge in [0.05, 0.1) is 30.1 Å². The monoisotopic (exact) mass is 353 g/mol. The zero-order valence-electron chi connectivity index (χ0n) is 13.6. The van der Waals surface area contributed by atoms with Crippen LogP contribution in [-0.2, 0) is 0 Å². The predicted octanol–water partition coefficient (Wildman–Crippen LogP) is 4.74. The van der Waals surface area contributed by atoms with Crippen molar-refractivity contribution in [2.75, 3.05) is 12.5 Å². The average Bonchev–Trinajstić information content (AvgIpc) is 2.94. The van der Waals surface area contributed by atoms with E-state index in [0.717, 1.165) is 22.8 Å². The SMILES string of the molecule is CCC(C)Oc1c(Cl)cc(C=NNc2nc(C)cs2)cc1OC. The Morgan fingerprint density at radius 3 is 2.87 bits per heavy atom. The van der Waals surface area contributed by atoms with Gasteiger partial charge in [0, 0.05) is 5.38 Å². The Labute approximate surface area is 145 Å². The molecule has 0 aliphatic heterocycles. The van der Waals surface area contributed by atoms with E-state index in [1.165, 1.54) is 11.3 Å². The number of rotatable bonds is 7. The van der Waals surface area contributed by atoms with Crippen molar-refractivity contribution in [3.05, 3.63) is 33.8 Å². The molecule has 0 aliphatic rings. The fraction of sp³-hybridized carbons (Fsp3) is 0.375. The van der Waals surface area contributed by atoms with Crippen LogP contribution in [0.5, 0.6) is 11.5 Å². The summed E-state index contributed by atoms with van der Waals surface area (Å²) in [4.78, 5) is 4.27. The molecular weight excluding hydrogens is 334 g/mol. The first kappa shape index (κ1) is 17.6. The number of nitrogens with one attached hydrogen (secondary N) is 1. The topological polar surface area (TPSA) is 55.7 Å². The van der Waals surface area contributed by atoms with E-state index in [-0.39, 0.29) is 6.10 Å². The summed E-state index contributed by atoms with van der Waals surface area (Å²) in [5.74, 6) is 1.15. The molecule has 0 fully saturated rings. The van der Waals surface area contributed by atoms with Crippen LogP contribution < -0.4 is 14.9 Å². The summed E-state index contributed by atoms with van der Waals surface area (Å²) < 4.78 is 11.2. The van der Waals surface area contributed by atoms with Crippen molar-refractivity contribution in [3.63, 3.8) is 0 Å². The molecule has 1 unspecified atom stereocenters. The smallest absolute Gasteiger partial charge is 0.203 e. The Balaban J connectivity index is 2.15. The van der Waals surface area contributed by atoms with E-state index in [2.05, 4.69) is 22.4 Å². The van der Waals surface area contributed by atoms with Crippen molar-refractivity contribution in [1.29, 1.82) is 0 Å². The van der Waals surface area contributed by atoms with Crippen molar-refractivity contribution < 1.29 is 9.47 Å². The van der Waals surface area contributed by atoms with Gasteiger partial charge in [-0.05, 0) is 38.0 Å². The van der Waals surface area contributed by atoms with E-state index in [4.69, 9.17) is 21.1 Å². The highest BCUT2D eigenvalue weighted by atomic mass is 35.5. The normalized spacial score (nSPS) is 12.4. The maximum absolute atomic E-state index is 6.32. The third kappa shape index (κ3) is 4.84. The van der Waals surface area contributed by atoms with E-state index in [0.29, 0.717) is 16.5 Å². The van der Waals surface area contributed by atoms with Crippen LogP contribution >= 0.6 is 22.9 Å². The summed E-state index contributed by atoms with van der Waals surface area (Å²) in [6.07, 6.45) is 2.62. The second-order valence-corrected chi connectivity index (χ2v) is 6.30. The molecule has 0 saturated heterocycles. The lowest BCUT2D eigenvalue weighted by Gasteiger charge is -2.17. The number of hydrogen-bond donors (Lipinski definition) is 1. The van der Waals surface area contributed by atoms with Gasteiger partial charge in [0.2, 0.25) is 5.13 Å². The second kappa shape index (κ2) is 8.17. The Hall–Kier alpha value is -1.79. The van der Waals surface area contributed by atoms with Gasteiger partial charge in [-0.1, -0.05) is 18.5 Å². The van der Waals surface area contributed by atoms with E-state index >= 15 is 0 Å². The van der Waals surface area contributed by atoms with E-state index in [1.54, 1.807) is 19.4 Å². The minimum absolute atomic E-state index is 0.0655. The number of halogens is 1. The van der Waals surface area contributed by atoms with Gasteiger partial charge in [-0.25, -0.2) is 4.98 Å². The number of hydrazone groups is 1. The summed E-state index contributed by atoms with van der Waals surface area (Å²) in [6.45, 7) is 5.98. The minimum atomic E-state index is 0.0655. The average molecular weight is 354 g/mol. The summed E-state index contributed by atoms with van der Waals surface area (Å²) in [6, 6.07) is 3.63. The molecule has 2 rings (SSSR count). The maximum Gasteiger partial charge on any atom is 0.203 e. The van der Waals surface area contributed by atoms with E-state index < -0.39 is 0 Å². The second-order valence-electron chi connectivity index (χ2n) is 5.03. The number of ether oxygens (including phenoxy) is 2. The molecule has 1 aromatic heterocycles. The van der Waals surface area contributed by atoms with Crippen LogP contribution in [0, 0.1) is 6.92 Å². The first-order chi connectivity index (χ1) is 11.0. The molecule has 23 heavy (non-hydrogen) atoms. The molecule has 2 aromatic rings. The van der Waals surface area contributed by atoms with Crippen LogP contribution in [0.15, 0.2) is 22.6 Å². The molecule has 0 aliphatic carbocycles. The van der Waals surface area contributed by atoms with Gasteiger partial charge in [0.15, 0.2) is 11.5 Å². The van der Waals surface area contributed by atoms with Crippen molar-refractivity contribution in [2.24, 2.45) is 5.10 Å². The lowest BCUT2D eigenvalue weighted by Crippen LogP contribution is -2.11. The highest BCUT2D eigenvalue weighted by molar-refractivity contribution is 7.13. The molecule has 0 saturated carbocycles. The Bertz CT molecular complexity index is 688. The van der Waals surface area contributed by atoms with E-state index in [9.17, 15) is 0 Å². The first-order valence-electron chi connectivity index (χ1n) is 7.28. The van der Waals surface area contributed by atoms with Gasteiger partial charge in [-0.3, -0.25) is 5.43 Å². The summed E-state index contributed by atoms with van der Waals surface area (Å²) in [5.41, 5.74) is 4.66. The molecule has 124 valence electrons. The predicted molar refractivity (Wildman–Crippen MR) is 96.5 cm³/mol. The van der Waals surface area contributed by atoms with Crippen LogP contribution in [0.25, 0.3) is 0 Å². The minimum Gasteiger partial charge on any atom is -0.493 e. The molecule has 0 amide bonds. The quantitative estimate of drug-likeness (QED) is 0.577. The van der Waals surface area contributed by atoms with Gasteiger partial charge in [0.25, 0.3) is 0 Å². The Morgan fingerprint density at radius 1 is 1.48 bits per heavy atom. The Kier molecular flexibility index (Phi) is 6.24. The molecule has 1 aromatic carbocycles. The number of benzene rings is 1. The number of nitrogens with zero attached hydrogens (tertiary/aromatic N) is 2. The van der Waals surface area contributed by atoms with Gasteiger partial charge in [0.1, 0.15) is 0 Å². The van der Waals surface area contributed by atoms with Crippen LogP contribution in [-0.4, -0.2) is 24.4 Å². The number of hydrogen-bond acceptors (Lipinski definition) is 6. The fourth-order valence-corrected chi connectivity index (χ4v) is 2.68. The molecule has 1 heterocycles. The lowest BCUT2D eigenvalue weighted by atomic mass is 10.2. The molecule has 0 radical (unpaired) electrons. The fourth-order valence-electron chi connectivity index (χ4n) is 1.78. The van der Waals surface area contributed by atoms with Crippen molar-refractivity contribution in [2.45, 2.75) is 33.3 Å². The number of methoxy groups -OCH3 is 1. The molecular formula is C16H20ClN3O2S. The third-order valence-electron chi connectivity index (χ3n) is 3.14. The number of thiazole rings is 1. The lowest BCUT2D eigenvalue weighted by molar-refractivity contribution is 0.208. The zero-order valence-corrected chi connectivity index (χ0v) is 15.2. The van der Waals surface area contributed by atoms with Crippen molar-refractivity contribution in [1.82, 2.24) is 4.98 Å². The zero-order chi connectivity index (χ0) is 16.8. The highest BCUT2D eigenvalue weighted by Gasteiger charge is 2.13. The number of aromatic nitrogens is 1. The van der Waals surface area contributed by atoms with Crippen LogP contribution in [0.3, 0.4) is 0 Å². The summed E-state index contributed by atoms with van der Waals surface area (Å²) >= 11 is 7.82. The molecule has 1 atom stereocenters. The van der Waals surface area contributed by atoms with Crippen LogP contribution in [0.4, 0.5) is 5.13 Å². The van der Waals surface area contributed by atoms with Crippen molar-refractivity contribution >= 4 is 34.3 Å². The standard InChI is InChI=1S/C16H20ClN3O2S/c1-5-11(3)22-15-13(17)6-12(7-14(15)21-4)8-18-20-16-19-10(2)9-23-16/h6-9,11H,5H2,1-4H3,(H,19,20). The summed E-state index contributed by atoms with van der Waals surface area (Å²) in [5, 5.41) is 7.36. The summed E-state index contributed by atoms with van der Waals surface area (Å²) in [7, 11) is 1.59. The molecule has 1 N–H and O–H groups in total. The van der Waals surface area contributed by atoms with Gasteiger partial charge < -0.3 is 9.47 Å². The maximum atomic E-state index is 6.32. The number of aryl methyl sites for hydroxylation is 1. The van der Waals surface area contributed by atoms with E-state index in [1.807, 2.05) is 25.3 Å². The molecule has 0 bridgehead atoms. The van der Waals surface area contributed by atoms with Crippen LogP contribution in [0.1, 0.15) is 31.5 Å². The molecule has 5 nitrogen and oxygen atoms in total. The first-order valence-corrected chi connectivity index (χ1v) is 8.54. The largest absolute Gasteiger partial charge is 0.493 e. The van der Waals surface area contributed by atoms with Gasteiger partial charge in [-0.2, -0.15) is 5.10 Å². The number of anilines is 1. The third-order valence-corrected chi connectivity index (χ3v) is 4.28. The highest BCUT2D eigenvalue weighted by Crippen LogP contribution is 2.37. The Morgan fingerprint density at radius 2 is 2.26 bits per heavy atom. The molecule has 7 heteroatoms. The molecule has 0 spiro atoms. The van der Waals surface area contributed by atoms with Gasteiger partial charge in [-0.15, -0.1) is 11.3 Å². The van der Waals surface area contributed by atoms with Crippen molar-refractivity contribution in [3.8, 4) is 11.5 Å².